The van der Waals surface area contributed by atoms with E-state index < -0.39 is 154 Å². The molecule has 1 fully saturated rings. The van der Waals surface area contributed by atoms with Crippen molar-refractivity contribution in [2.75, 3.05) is 18.6 Å². The van der Waals surface area contributed by atoms with E-state index in [-0.39, 0.29) is 70.7 Å². The molecule has 1 saturated heterocycles. The van der Waals surface area contributed by atoms with Gasteiger partial charge in [0.25, 0.3) is 0 Å². The number of nitrogens with zero attached hydrogens (tertiary/aromatic N) is 2. The molecule has 1 aliphatic heterocycles. The van der Waals surface area contributed by atoms with Crippen LogP contribution in [0.1, 0.15) is 210 Å². The second-order valence-corrected chi connectivity index (χ2v) is 35.7. The van der Waals surface area contributed by atoms with Gasteiger partial charge in [-0.05, 0) is 197 Å². The zero-order chi connectivity index (χ0) is 97.3. The molecular formula is C89H130N8O30S. The van der Waals surface area contributed by atoms with Gasteiger partial charge in [-0.25, -0.2) is 62.5 Å². The smallest absolute Gasteiger partial charge is 0.411 e. The van der Waals surface area contributed by atoms with Gasteiger partial charge in [0.15, 0.2) is 0 Å². The Hall–Kier alpha value is -12.4. The minimum Gasteiger partial charge on any atom is -0.489 e. The number of β-amino-alcohol motifs (C(OH)–C–C–N with tert-alkyl or cyclic N) is 1. The number of imidazole rings is 1. The maximum Gasteiger partial charge on any atom is 0.411 e. The highest BCUT2D eigenvalue weighted by Crippen LogP contribution is 2.23. The van der Waals surface area contributed by atoms with Gasteiger partial charge in [0.1, 0.15) is 95.4 Å². The number of thioether (sulfide) groups is 1. The van der Waals surface area contributed by atoms with E-state index in [4.69, 9.17) is 63.1 Å². The number of aliphatic hydroxyl groups excluding tert-OH is 1. The number of rotatable bonds is 34. The lowest BCUT2D eigenvalue weighted by atomic mass is 10.1. The van der Waals surface area contributed by atoms with Crippen molar-refractivity contribution in [3.63, 3.8) is 0 Å². The average molecular weight is 1820 g/mol. The van der Waals surface area contributed by atoms with E-state index in [1.165, 1.54) is 24.3 Å². The highest BCUT2D eigenvalue weighted by atomic mass is 32.2. The number of hydrogen-bond donors (Lipinski definition) is 13. The molecule has 1 aromatic heterocycles. The summed E-state index contributed by atoms with van der Waals surface area (Å²) in [5.41, 5.74) is 0.162. The van der Waals surface area contributed by atoms with Crippen LogP contribution in [0.15, 0.2) is 128 Å². The zero-order valence-electron chi connectivity index (χ0n) is 76.3. The van der Waals surface area contributed by atoms with E-state index >= 15 is 0 Å². The molecule has 5 aromatic rings. The molecule has 1 aliphatic rings. The van der Waals surface area contributed by atoms with Gasteiger partial charge in [0, 0.05) is 44.0 Å². The number of carbonyl (C=O) groups is 14. The quantitative estimate of drug-likeness (QED) is 0.0103. The third kappa shape index (κ3) is 57.2. The predicted octanol–water partition coefficient (Wildman–Crippen LogP) is 13.0. The van der Waals surface area contributed by atoms with Crippen LogP contribution in [0.4, 0.5) is 28.8 Å². The van der Waals surface area contributed by atoms with Crippen LogP contribution in [-0.2, 0) is 109 Å². The first-order valence-electron chi connectivity index (χ1n) is 40.9. The number of carboxylic acid groups (broad SMARTS) is 6. The fraction of sp³-hybridized carbons (Fsp3) is 0.539. The Morgan fingerprint density at radius 3 is 1.12 bits per heavy atom. The topological polar surface area (TPSA) is 556 Å². The molecule has 38 nitrogen and oxygen atoms in total. The van der Waals surface area contributed by atoms with Gasteiger partial charge in [-0.15, -0.1) is 0 Å². The lowest BCUT2D eigenvalue weighted by Gasteiger charge is -2.26. The summed E-state index contributed by atoms with van der Waals surface area (Å²) in [5.74, 6) is -6.21. The monoisotopic (exact) mass is 1820 g/mol. The number of nitrogens with one attached hydrogen (secondary N) is 6. The Kier molecular flexibility index (Phi) is 50.2. The summed E-state index contributed by atoms with van der Waals surface area (Å²) in [6.45, 7) is 31.5. The van der Waals surface area contributed by atoms with Crippen molar-refractivity contribution >= 4 is 96.1 Å². The van der Waals surface area contributed by atoms with Gasteiger partial charge >= 0.3 is 84.3 Å². The number of H-pyrrole nitrogens is 1. The highest BCUT2D eigenvalue weighted by molar-refractivity contribution is 7.98. The largest absolute Gasteiger partial charge is 0.489 e. The van der Waals surface area contributed by atoms with Crippen LogP contribution < -0.4 is 31.3 Å². The van der Waals surface area contributed by atoms with Crippen LogP contribution in [0.2, 0.25) is 0 Å². The molecule has 13 N–H and O–H groups in total. The number of benzene rings is 4. The molecule has 39 heteroatoms. The highest BCUT2D eigenvalue weighted by Gasteiger charge is 2.41. The number of hydrogen-bond acceptors (Lipinski definition) is 26. The molecule has 128 heavy (non-hydrogen) atoms. The van der Waals surface area contributed by atoms with Crippen LogP contribution in [0.5, 0.6) is 5.75 Å². The van der Waals surface area contributed by atoms with Gasteiger partial charge in [-0.2, -0.15) is 11.8 Å². The number of aromatic amines is 1. The number of likely N-dealkylation sites (tertiary alicyclic amines) is 1. The van der Waals surface area contributed by atoms with E-state index in [2.05, 4.69) is 36.6 Å². The molecule has 2 heterocycles. The van der Waals surface area contributed by atoms with E-state index in [1.807, 2.05) is 97.3 Å². The van der Waals surface area contributed by atoms with E-state index in [0.29, 0.717) is 49.5 Å². The third-order valence-corrected chi connectivity index (χ3v) is 16.5. The second kappa shape index (κ2) is 56.6. The van der Waals surface area contributed by atoms with Crippen LogP contribution in [0.25, 0.3) is 0 Å². The van der Waals surface area contributed by atoms with Gasteiger partial charge in [-0.3, -0.25) is 14.5 Å². The molecule has 6 amide bonds. The molecule has 0 unspecified atom stereocenters. The summed E-state index contributed by atoms with van der Waals surface area (Å²) in [5, 5.41) is 75.4. The number of ether oxygens (including phenoxy) is 9. The lowest BCUT2D eigenvalue weighted by molar-refractivity contribution is -0.146. The Morgan fingerprint density at radius 1 is 0.422 bits per heavy atom. The van der Waals surface area contributed by atoms with Crippen LogP contribution in [0, 0.1) is 0 Å². The molecule has 0 saturated carbocycles. The van der Waals surface area contributed by atoms with Crippen molar-refractivity contribution in [1.82, 2.24) is 41.5 Å². The van der Waals surface area contributed by atoms with Crippen LogP contribution in [-0.4, -0.2) is 229 Å². The van der Waals surface area contributed by atoms with Gasteiger partial charge in [-0.1, -0.05) is 116 Å². The van der Waals surface area contributed by atoms with Crippen molar-refractivity contribution in [3.05, 3.63) is 156 Å². The lowest BCUT2D eigenvalue weighted by Crippen LogP contribution is -2.44. The van der Waals surface area contributed by atoms with Crippen molar-refractivity contribution in [1.29, 1.82) is 0 Å². The van der Waals surface area contributed by atoms with Crippen LogP contribution >= 0.6 is 11.8 Å². The summed E-state index contributed by atoms with van der Waals surface area (Å²) in [6, 6.07) is 29.3. The number of carbonyl (C=O) groups excluding carboxylic acids is 8. The molecular weight excluding hydrogens is 1690 g/mol. The second-order valence-electron chi connectivity index (χ2n) is 34.7. The fourth-order valence-electron chi connectivity index (χ4n) is 10.2. The van der Waals surface area contributed by atoms with Crippen molar-refractivity contribution < 1.29 is 146 Å². The van der Waals surface area contributed by atoms with E-state index in [9.17, 15) is 82.4 Å². The van der Waals surface area contributed by atoms with Gasteiger partial charge in [0.2, 0.25) is 0 Å². The first-order chi connectivity index (χ1) is 59.3. The number of aliphatic hydroxyl groups is 1. The molecule has 0 bridgehead atoms. The van der Waals surface area contributed by atoms with E-state index in [1.54, 1.807) is 149 Å². The standard InChI is InChI=1S/C21H25NO5.C20H29NO6.C17H23NO6.C11H17N3O4.C10H17NO5.C10H19NO4S/c1-21(2,3)27-20(25)22-18(19(23)24)13-15-9-11-17(12-10-15)26-14-16-7-5-4-6-8-16;1-20(2,3)27-19(25)21-16(18(23)24)12-8-5-9-13-17(22)26-14-15-10-6-4-7-11-15;1-17(2,3)24-16(22)18-13(15(20)21)9-10-14(19)23-11-12-7-5-4-6-8-12;1-11(2,3)18-10(17)14-8(9(15)16)4-7-5-12-6-13-7;1-10(2,3)16-9(15)11-5-6(12)4-7(11)8(13)14;1-10(2,3)15-9(14)11-7(8(12)13)5-6-16-4/h4-12,18H,13-14H2,1-3H3,(H,22,25)(H,23,24);4,6-7,10-11,16H,5,8-9,12-14H2,1-3H3,(H,21,25)(H,23,24);4-8,13H,9-11H2,1-3H3,(H,18,22)(H,20,21);5-6,8H,4H2,1-3H3,(H,12,13)(H,14,17)(H,15,16);6-7,12H,4-5H2,1-3H3,(H,13,14);7H,5-6H2,1-4H3,(H,11,14)(H,12,13)/t18-;16-;13-;8-;6-,7+;7-/m000010/s1. The molecule has 712 valence electrons. The molecule has 0 radical (unpaired) electrons. The van der Waals surface area contributed by atoms with Crippen LogP contribution in [0.3, 0.4) is 0 Å². The third-order valence-electron chi connectivity index (χ3n) is 15.8. The SMILES string of the molecule is CC(C)(C)OC(=O)N1C[C@H](O)C[C@H]1C(=O)O.CC(C)(C)OC(=O)N[C@@H](CCC(=O)OCc1ccccc1)C(=O)O.CC(C)(C)OC(=O)N[C@@H](CCCCCC(=O)OCc1ccccc1)C(=O)O.CC(C)(C)OC(=O)N[C@@H](Cc1ccc(OCc2ccccc2)cc1)C(=O)O.CC(C)(C)OC(=O)N[C@@H](Cc1cnc[nH]1)C(=O)O.CSCC[C@H](NC(=O)OC(C)(C)C)C(=O)O. The van der Waals surface area contributed by atoms with Crippen molar-refractivity contribution in [3.8, 4) is 5.75 Å². The number of aromatic nitrogens is 2. The molecule has 7 atom stereocenters. The number of aliphatic carboxylic acids is 6. The summed E-state index contributed by atoms with van der Waals surface area (Å²) < 4.78 is 46.2. The number of esters is 2. The fourth-order valence-corrected chi connectivity index (χ4v) is 10.7. The summed E-state index contributed by atoms with van der Waals surface area (Å²) in [6.07, 6.45) is 2.43. The van der Waals surface area contributed by atoms with Gasteiger partial charge < -0.3 is 110 Å². The normalized spacial score (nSPS) is 14.0. The number of carboxylic acids is 6. The Bertz CT molecular complexity index is 4240. The number of alkyl carbamates (subject to hydrolysis) is 5. The Morgan fingerprint density at radius 2 is 0.773 bits per heavy atom. The van der Waals surface area contributed by atoms with Crippen molar-refractivity contribution in [2.45, 2.75) is 291 Å². The van der Waals surface area contributed by atoms with E-state index in [0.717, 1.165) is 27.2 Å². The van der Waals surface area contributed by atoms with Crippen molar-refractivity contribution in [2.24, 2.45) is 0 Å². The summed E-state index contributed by atoms with van der Waals surface area (Å²) in [4.78, 5) is 167. The Balaban J connectivity index is 0.000000778. The number of amides is 6. The molecule has 6 rings (SSSR count). The minimum atomic E-state index is -1.24. The first-order valence-corrected chi connectivity index (χ1v) is 42.3. The minimum absolute atomic E-state index is 0.00583. The molecule has 0 spiro atoms. The first kappa shape index (κ1) is 114. The molecule has 0 aliphatic carbocycles. The maximum absolute atomic E-state index is 11.8. The zero-order valence-corrected chi connectivity index (χ0v) is 77.1. The predicted molar refractivity (Wildman–Crippen MR) is 470 cm³/mol. The number of unbranched alkanes of at least 4 members (excludes halogenated alkanes) is 2. The average Bonchev–Trinajstić information content (AvgIpc) is 1.68. The summed E-state index contributed by atoms with van der Waals surface area (Å²) in [7, 11) is 0. The Labute approximate surface area is 750 Å². The van der Waals surface area contributed by atoms with Gasteiger partial charge in [0.05, 0.1) is 19.0 Å². The molecule has 4 aromatic carbocycles. The maximum atomic E-state index is 11.8. The summed E-state index contributed by atoms with van der Waals surface area (Å²) >= 11 is 1.53.